The molecule has 0 radical (unpaired) electrons. The molecule has 0 spiro atoms. The van der Waals surface area contributed by atoms with Crippen LogP contribution in [0.5, 0.6) is 0 Å². The van der Waals surface area contributed by atoms with Crippen LogP contribution in [0.4, 0.5) is 0 Å². The standard InChI is InChI=1S/C31H29Cl2N3O6S/c1-35(2)31(39)25(14-18-5-4-6-22(13-18)43(3,40)41)34-29(37)27-24(32)15-21-17-36(11-9-23(21)28(27)33)30(38)20-8-7-19-10-12-42-26(19)16-20/h4-8,10,12-13,15-16,25H,9,11,14,17H2,1-3H3,(H,34,37)/t25-/m0/s1. The van der Waals surface area contributed by atoms with E-state index in [1.165, 1.54) is 17.0 Å². The van der Waals surface area contributed by atoms with E-state index in [2.05, 4.69) is 5.32 Å². The molecule has 224 valence electrons. The van der Waals surface area contributed by atoms with Gasteiger partial charge in [0.15, 0.2) is 9.84 Å². The van der Waals surface area contributed by atoms with Gasteiger partial charge in [0.1, 0.15) is 11.6 Å². The third-order valence-electron chi connectivity index (χ3n) is 7.43. The fraction of sp³-hybridized carbons (Fsp3) is 0.258. The average molecular weight is 643 g/mol. The first-order valence-corrected chi connectivity index (χ1v) is 16.1. The number of fused-ring (bicyclic) bond motifs is 2. The van der Waals surface area contributed by atoms with Crippen LogP contribution >= 0.6 is 23.2 Å². The maximum atomic E-state index is 13.5. The van der Waals surface area contributed by atoms with Gasteiger partial charge in [-0.05, 0) is 59.5 Å². The second-order valence-corrected chi connectivity index (χ2v) is 13.5. The van der Waals surface area contributed by atoms with Gasteiger partial charge in [-0.15, -0.1) is 0 Å². The number of amides is 3. The third kappa shape index (κ3) is 6.41. The highest BCUT2D eigenvalue weighted by Crippen LogP contribution is 2.35. The molecule has 0 saturated heterocycles. The molecule has 1 aromatic heterocycles. The third-order valence-corrected chi connectivity index (χ3v) is 9.26. The van der Waals surface area contributed by atoms with Crippen LogP contribution in [-0.4, -0.2) is 68.9 Å². The maximum absolute atomic E-state index is 13.5. The lowest BCUT2D eigenvalue weighted by Crippen LogP contribution is -2.47. The van der Waals surface area contributed by atoms with Gasteiger partial charge in [-0.25, -0.2) is 8.42 Å². The second kappa shape index (κ2) is 12.0. The Labute approximate surface area is 259 Å². The Kier molecular flexibility index (Phi) is 8.56. The molecule has 0 aliphatic carbocycles. The molecule has 3 amide bonds. The number of rotatable bonds is 7. The molecule has 1 aliphatic heterocycles. The van der Waals surface area contributed by atoms with Crippen molar-refractivity contribution in [3.63, 3.8) is 0 Å². The number of sulfone groups is 1. The number of furan rings is 1. The Morgan fingerprint density at radius 2 is 1.84 bits per heavy atom. The molecule has 9 nitrogen and oxygen atoms in total. The molecule has 0 fully saturated rings. The van der Waals surface area contributed by atoms with E-state index in [1.54, 1.807) is 55.6 Å². The van der Waals surface area contributed by atoms with Crippen molar-refractivity contribution in [1.29, 1.82) is 0 Å². The number of carbonyl (C=O) groups excluding carboxylic acids is 3. The van der Waals surface area contributed by atoms with E-state index >= 15 is 0 Å². The van der Waals surface area contributed by atoms with Gasteiger partial charge in [0, 0.05) is 50.8 Å². The second-order valence-electron chi connectivity index (χ2n) is 10.7. The summed E-state index contributed by atoms with van der Waals surface area (Å²) in [6, 6.07) is 14.0. The number of benzene rings is 3. The quantitative estimate of drug-likeness (QED) is 0.311. The van der Waals surface area contributed by atoms with Crippen LogP contribution in [0.2, 0.25) is 10.0 Å². The Morgan fingerprint density at radius 1 is 1.07 bits per heavy atom. The zero-order valence-electron chi connectivity index (χ0n) is 23.7. The summed E-state index contributed by atoms with van der Waals surface area (Å²) in [7, 11) is -0.337. The van der Waals surface area contributed by atoms with Crippen molar-refractivity contribution in [2.75, 3.05) is 26.9 Å². The summed E-state index contributed by atoms with van der Waals surface area (Å²) in [5.41, 5.74) is 3.15. The van der Waals surface area contributed by atoms with Gasteiger partial charge < -0.3 is 19.5 Å². The molecule has 0 bridgehead atoms. The van der Waals surface area contributed by atoms with Gasteiger partial charge >= 0.3 is 0 Å². The SMILES string of the molecule is CN(C)C(=O)[C@H](Cc1cccc(S(C)(=O)=O)c1)NC(=O)c1c(Cl)cc2c(c1Cl)CCN(C(=O)c1ccc3ccoc3c1)C2. The molecule has 2 heterocycles. The van der Waals surface area contributed by atoms with Gasteiger partial charge in [0.25, 0.3) is 11.8 Å². The highest BCUT2D eigenvalue weighted by molar-refractivity contribution is 7.90. The van der Waals surface area contributed by atoms with Gasteiger partial charge in [0.2, 0.25) is 5.91 Å². The number of likely N-dealkylation sites (N-methyl/N-ethyl adjacent to an activating group) is 1. The van der Waals surface area contributed by atoms with Crippen molar-refractivity contribution in [1.82, 2.24) is 15.1 Å². The van der Waals surface area contributed by atoms with E-state index in [0.29, 0.717) is 35.2 Å². The van der Waals surface area contributed by atoms with Crippen molar-refractivity contribution < 1.29 is 27.2 Å². The van der Waals surface area contributed by atoms with E-state index in [4.69, 9.17) is 27.6 Å². The lowest BCUT2D eigenvalue weighted by Gasteiger charge is -2.30. The maximum Gasteiger partial charge on any atom is 0.254 e. The number of nitrogens with zero attached hydrogens (tertiary/aromatic N) is 2. The van der Waals surface area contributed by atoms with E-state index in [1.807, 2.05) is 12.1 Å². The Balaban J connectivity index is 1.37. The summed E-state index contributed by atoms with van der Waals surface area (Å²) >= 11 is 13.3. The number of halogens is 2. The predicted octanol–water partition coefficient (Wildman–Crippen LogP) is 4.77. The lowest BCUT2D eigenvalue weighted by molar-refractivity contribution is -0.130. The minimum absolute atomic E-state index is 0.0339. The van der Waals surface area contributed by atoms with Crippen LogP contribution in [0, 0.1) is 0 Å². The normalized spacial score (nSPS) is 13.8. The Hall–Kier alpha value is -3.86. The number of carbonyl (C=O) groups is 3. The highest BCUT2D eigenvalue weighted by Gasteiger charge is 2.30. The molecular formula is C31H29Cl2N3O6S. The minimum atomic E-state index is -3.46. The van der Waals surface area contributed by atoms with Crippen molar-refractivity contribution in [2.45, 2.75) is 30.3 Å². The van der Waals surface area contributed by atoms with Crippen LogP contribution < -0.4 is 5.32 Å². The van der Waals surface area contributed by atoms with Gasteiger partial charge in [-0.3, -0.25) is 14.4 Å². The molecule has 12 heteroatoms. The molecule has 0 unspecified atom stereocenters. The molecular weight excluding hydrogens is 613 g/mol. The van der Waals surface area contributed by atoms with Crippen molar-refractivity contribution >= 4 is 61.7 Å². The van der Waals surface area contributed by atoms with Crippen LogP contribution in [0.15, 0.2) is 70.2 Å². The van der Waals surface area contributed by atoms with E-state index in [0.717, 1.165) is 17.2 Å². The molecule has 43 heavy (non-hydrogen) atoms. The summed E-state index contributed by atoms with van der Waals surface area (Å²) in [5.74, 6) is -1.18. The van der Waals surface area contributed by atoms with Crippen molar-refractivity contribution in [3.05, 3.63) is 98.7 Å². The average Bonchev–Trinajstić information content (AvgIpc) is 3.43. The molecule has 1 N–H and O–H groups in total. The lowest BCUT2D eigenvalue weighted by atomic mass is 9.95. The van der Waals surface area contributed by atoms with Crippen LogP contribution in [0.1, 0.15) is 37.4 Å². The first-order chi connectivity index (χ1) is 20.3. The van der Waals surface area contributed by atoms with Gasteiger partial charge in [0.05, 0.1) is 26.8 Å². The fourth-order valence-corrected chi connectivity index (χ4v) is 6.64. The monoisotopic (exact) mass is 641 g/mol. The van der Waals surface area contributed by atoms with E-state index < -0.39 is 21.8 Å². The first kappa shape index (κ1) is 30.6. The Bertz CT molecular complexity index is 1870. The molecule has 3 aromatic carbocycles. The predicted molar refractivity (Wildman–Crippen MR) is 164 cm³/mol. The zero-order valence-corrected chi connectivity index (χ0v) is 26.0. The smallest absolute Gasteiger partial charge is 0.254 e. The van der Waals surface area contributed by atoms with Gasteiger partial charge in [-0.1, -0.05) is 41.4 Å². The van der Waals surface area contributed by atoms with E-state index in [9.17, 15) is 22.8 Å². The molecule has 0 saturated carbocycles. The first-order valence-electron chi connectivity index (χ1n) is 13.4. The molecule has 5 rings (SSSR count). The summed E-state index contributed by atoms with van der Waals surface area (Å²) in [6.07, 6.45) is 3.12. The summed E-state index contributed by atoms with van der Waals surface area (Å²) in [4.78, 5) is 43.0. The minimum Gasteiger partial charge on any atom is -0.464 e. The molecule has 1 aliphatic rings. The fourth-order valence-electron chi connectivity index (χ4n) is 5.18. The number of nitrogens with one attached hydrogen (secondary N) is 1. The van der Waals surface area contributed by atoms with Gasteiger partial charge in [-0.2, -0.15) is 0 Å². The van der Waals surface area contributed by atoms with Crippen LogP contribution in [0.25, 0.3) is 11.0 Å². The number of hydrogen-bond donors (Lipinski definition) is 1. The number of hydrogen-bond acceptors (Lipinski definition) is 6. The van der Waals surface area contributed by atoms with Crippen LogP contribution in [-0.2, 0) is 34.0 Å². The van der Waals surface area contributed by atoms with Crippen molar-refractivity contribution in [2.24, 2.45) is 0 Å². The topological polar surface area (TPSA) is 117 Å². The summed E-state index contributed by atoms with van der Waals surface area (Å²) in [6.45, 7) is 0.632. The molecule has 4 aromatic rings. The zero-order chi connectivity index (χ0) is 31.1. The van der Waals surface area contributed by atoms with E-state index in [-0.39, 0.29) is 45.3 Å². The summed E-state index contributed by atoms with van der Waals surface area (Å²) < 4.78 is 29.5. The highest BCUT2D eigenvalue weighted by atomic mass is 35.5. The largest absolute Gasteiger partial charge is 0.464 e. The van der Waals surface area contributed by atoms with Crippen molar-refractivity contribution in [3.8, 4) is 0 Å². The summed E-state index contributed by atoms with van der Waals surface area (Å²) in [5, 5.41) is 3.90. The molecule has 1 atom stereocenters. The van der Waals surface area contributed by atoms with Crippen LogP contribution in [0.3, 0.4) is 0 Å². The Morgan fingerprint density at radius 3 is 2.56 bits per heavy atom.